The largest absolute Gasteiger partial charge is 0.368 e. The van der Waals surface area contributed by atoms with Gasteiger partial charge >= 0.3 is 0 Å². The van der Waals surface area contributed by atoms with Crippen LogP contribution in [0.3, 0.4) is 0 Å². The zero-order valence-electron chi connectivity index (χ0n) is 6.50. The van der Waals surface area contributed by atoms with E-state index >= 15 is 0 Å². The van der Waals surface area contributed by atoms with Gasteiger partial charge in [-0.15, -0.1) is 6.58 Å². The Morgan fingerprint density at radius 1 is 1.80 bits per heavy atom. The second kappa shape index (κ2) is 2.36. The van der Waals surface area contributed by atoms with Crippen molar-refractivity contribution in [2.24, 2.45) is 5.92 Å². The molecule has 1 aliphatic rings. The smallest absolute Gasteiger partial charge is 0.156 e. The zero-order valence-corrected chi connectivity index (χ0v) is 6.50. The zero-order chi connectivity index (χ0) is 7.78. The Labute approximate surface area is 61.5 Å². The first-order valence-electron chi connectivity index (χ1n) is 3.58. The van der Waals surface area contributed by atoms with Gasteiger partial charge in [0.25, 0.3) is 0 Å². The van der Waals surface area contributed by atoms with E-state index in [9.17, 15) is 0 Å². The number of ether oxygens (including phenoxy) is 1. The summed E-state index contributed by atoms with van der Waals surface area (Å²) in [4.78, 5) is 0. The lowest BCUT2D eigenvalue weighted by molar-refractivity contribution is -0.115. The van der Waals surface area contributed by atoms with E-state index in [0.717, 1.165) is 0 Å². The maximum absolute atomic E-state index is 9.10. The molecule has 1 N–H and O–H groups in total. The van der Waals surface area contributed by atoms with Gasteiger partial charge in [0.2, 0.25) is 0 Å². The van der Waals surface area contributed by atoms with E-state index in [-0.39, 0.29) is 5.60 Å². The van der Waals surface area contributed by atoms with Crippen molar-refractivity contribution >= 4 is 0 Å². The van der Waals surface area contributed by atoms with E-state index in [1.165, 1.54) is 0 Å². The Balaban J connectivity index is 2.70. The average Bonchev–Trinajstić information content (AvgIpc) is 2.09. The van der Waals surface area contributed by atoms with Crippen LogP contribution in [0.1, 0.15) is 20.3 Å². The Morgan fingerprint density at radius 2 is 2.40 bits per heavy atom. The first kappa shape index (κ1) is 7.76. The van der Waals surface area contributed by atoms with Crippen molar-refractivity contribution in [2.45, 2.75) is 32.2 Å². The molecule has 10 heavy (non-hydrogen) atoms. The Kier molecular flexibility index (Phi) is 1.84. The predicted octanol–water partition coefficient (Wildman–Crippen LogP) is 1.31. The third kappa shape index (κ3) is 1.09. The van der Waals surface area contributed by atoms with E-state index < -0.39 is 6.29 Å². The normalized spacial score (nSPS) is 47.5. The van der Waals surface area contributed by atoms with Gasteiger partial charge in [0.1, 0.15) is 0 Å². The summed E-state index contributed by atoms with van der Waals surface area (Å²) in [7, 11) is 0. The minimum absolute atomic E-state index is 0.320. The molecule has 0 saturated carbocycles. The molecule has 0 bridgehead atoms. The SMILES string of the molecule is C=C[C@]1(C)OC(O)C[C@H]1C. The highest BCUT2D eigenvalue weighted by molar-refractivity contribution is 5.01. The van der Waals surface area contributed by atoms with Gasteiger partial charge in [-0.05, 0) is 12.8 Å². The summed E-state index contributed by atoms with van der Waals surface area (Å²) in [5, 5.41) is 9.10. The van der Waals surface area contributed by atoms with Crippen molar-refractivity contribution < 1.29 is 9.84 Å². The molecule has 1 aliphatic heterocycles. The van der Waals surface area contributed by atoms with E-state index in [0.29, 0.717) is 12.3 Å². The summed E-state index contributed by atoms with van der Waals surface area (Å²) in [6.45, 7) is 7.66. The number of aliphatic hydroxyl groups is 1. The molecule has 2 nitrogen and oxygen atoms in total. The Hall–Kier alpha value is -0.340. The van der Waals surface area contributed by atoms with Crippen molar-refractivity contribution in [3.63, 3.8) is 0 Å². The Bertz CT molecular complexity index is 144. The van der Waals surface area contributed by atoms with Gasteiger partial charge < -0.3 is 9.84 Å². The van der Waals surface area contributed by atoms with Crippen LogP contribution < -0.4 is 0 Å². The molecule has 0 radical (unpaired) electrons. The standard InChI is InChI=1S/C8H14O2/c1-4-8(3)6(2)5-7(9)10-8/h4,6-7,9H,1,5H2,2-3H3/t6-,7?,8+/m1/s1. The molecule has 0 amide bonds. The number of hydrogen-bond acceptors (Lipinski definition) is 2. The van der Waals surface area contributed by atoms with Crippen LogP contribution in [0.2, 0.25) is 0 Å². The van der Waals surface area contributed by atoms with Crippen molar-refractivity contribution in [1.82, 2.24) is 0 Å². The van der Waals surface area contributed by atoms with Gasteiger partial charge in [-0.25, -0.2) is 0 Å². The van der Waals surface area contributed by atoms with Crippen LogP contribution in [0, 0.1) is 5.92 Å². The molecule has 1 fully saturated rings. The second-order valence-electron chi connectivity index (χ2n) is 3.10. The van der Waals surface area contributed by atoms with Crippen LogP contribution in [-0.4, -0.2) is 17.0 Å². The monoisotopic (exact) mass is 142 g/mol. The predicted molar refractivity (Wildman–Crippen MR) is 39.5 cm³/mol. The molecular formula is C8H14O2. The third-order valence-corrected chi connectivity index (χ3v) is 2.33. The van der Waals surface area contributed by atoms with E-state index in [1.54, 1.807) is 6.08 Å². The van der Waals surface area contributed by atoms with Crippen LogP contribution in [0.25, 0.3) is 0 Å². The quantitative estimate of drug-likeness (QED) is 0.559. The van der Waals surface area contributed by atoms with E-state index in [1.807, 2.05) is 6.92 Å². The maximum Gasteiger partial charge on any atom is 0.156 e. The van der Waals surface area contributed by atoms with Crippen molar-refractivity contribution in [1.29, 1.82) is 0 Å². The van der Waals surface area contributed by atoms with Gasteiger partial charge in [-0.3, -0.25) is 0 Å². The lowest BCUT2D eigenvalue weighted by Crippen LogP contribution is -2.27. The fourth-order valence-corrected chi connectivity index (χ4v) is 1.24. The van der Waals surface area contributed by atoms with Gasteiger partial charge in [0, 0.05) is 6.42 Å². The molecule has 0 aromatic carbocycles. The van der Waals surface area contributed by atoms with Crippen LogP contribution in [-0.2, 0) is 4.74 Å². The molecule has 0 aliphatic carbocycles. The summed E-state index contributed by atoms with van der Waals surface area (Å²) in [6.07, 6.45) is 1.87. The third-order valence-electron chi connectivity index (χ3n) is 2.33. The molecule has 1 unspecified atom stereocenters. The molecule has 1 saturated heterocycles. The van der Waals surface area contributed by atoms with E-state index in [2.05, 4.69) is 13.5 Å². The molecule has 1 heterocycles. The summed E-state index contributed by atoms with van der Waals surface area (Å²) >= 11 is 0. The highest BCUT2D eigenvalue weighted by Gasteiger charge is 2.39. The molecule has 3 atom stereocenters. The van der Waals surface area contributed by atoms with E-state index in [4.69, 9.17) is 9.84 Å². The van der Waals surface area contributed by atoms with Crippen molar-refractivity contribution in [3.8, 4) is 0 Å². The molecule has 0 aromatic heterocycles. The summed E-state index contributed by atoms with van der Waals surface area (Å²) < 4.78 is 5.25. The molecule has 2 heteroatoms. The highest BCUT2D eigenvalue weighted by atomic mass is 16.6. The first-order chi connectivity index (χ1) is 4.58. The topological polar surface area (TPSA) is 29.5 Å². The van der Waals surface area contributed by atoms with Gasteiger partial charge in [-0.1, -0.05) is 13.0 Å². The maximum atomic E-state index is 9.10. The van der Waals surface area contributed by atoms with Crippen molar-refractivity contribution in [3.05, 3.63) is 12.7 Å². The second-order valence-corrected chi connectivity index (χ2v) is 3.10. The Morgan fingerprint density at radius 3 is 2.60 bits per heavy atom. The lowest BCUT2D eigenvalue weighted by Gasteiger charge is -2.23. The average molecular weight is 142 g/mol. The minimum atomic E-state index is -0.599. The first-order valence-corrected chi connectivity index (χ1v) is 3.58. The fraction of sp³-hybridized carbons (Fsp3) is 0.750. The van der Waals surface area contributed by atoms with Crippen LogP contribution in [0.15, 0.2) is 12.7 Å². The summed E-state index contributed by atoms with van der Waals surface area (Å²) in [5.74, 6) is 0.361. The molecule has 0 aromatic rings. The highest BCUT2D eigenvalue weighted by Crippen LogP contribution is 2.35. The lowest BCUT2D eigenvalue weighted by atomic mass is 9.91. The summed E-state index contributed by atoms with van der Waals surface area (Å²) in [6, 6.07) is 0. The van der Waals surface area contributed by atoms with Gasteiger partial charge in [0.15, 0.2) is 6.29 Å². The number of rotatable bonds is 1. The molecule has 58 valence electrons. The van der Waals surface area contributed by atoms with Crippen LogP contribution in [0.4, 0.5) is 0 Å². The molecule has 1 rings (SSSR count). The van der Waals surface area contributed by atoms with Gasteiger partial charge in [-0.2, -0.15) is 0 Å². The van der Waals surface area contributed by atoms with Gasteiger partial charge in [0.05, 0.1) is 5.60 Å². The summed E-state index contributed by atoms with van der Waals surface area (Å²) in [5.41, 5.74) is -0.320. The van der Waals surface area contributed by atoms with Crippen LogP contribution in [0.5, 0.6) is 0 Å². The molecule has 0 spiro atoms. The molecular weight excluding hydrogens is 128 g/mol. The number of hydrogen-bond donors (Lipinski definition) is 1. The minimum Gasteiger partial charge on any atom is -0.368 e. The fourth-order valence-electron chi connectivity index (χ4n) is 1.24. The van der Waals surface area contributed by atoms with Crippen LogP contribution >= 0.6 is 0 Å². The van der Waals surface area contributed by atoms with Crippen molar-refractivity contribution in [2.75, 3.05) is 0 Å². The number of aliphatic hydroxyl groups excluding tert-OH is 1.